The highest BCUT2D eigenvalue weighted by atomic mass is 16.5. The van der Waals surface area contributed by atoms with E-state index >= 15 is 0 Å². The van der Waals surface area contributed by atoms with Crippen LogP contribution in [0.4, 0.5) is 5.82 Å². The van der Waals surface area contributed by atoms with Crippen molar-refractivity contribution >= 4 is 11.7 Å². The van der Waals surface area contributed by atoms with E-state index in [-0.39, 0.29) is 24.1 Å². The fourth-order valence-corrected chi connectivity index (χ4v) is 3.98. The van der Waals surface area contributed by atoms with Crippen LogP contribution in [0.3, 0.4) is 0 Å². The quantitative estimate of drug-likeness (QED) is 0.676. The molecule has 0 aromatic carbocycles. The lowest BCUT2D eigenvalue weighted by Crippen LogP contribution is -2.45. The van der Waals surface area contributed by atoms with Crippen LogP contribution in [-0.4, -0.2) is 71.6 Å². The van der Waals surface area contributed by atoms with Crippen molar-refractivity contribution in [2.24, 2.45) is 0 Å². The molecule has 1 aliphatic carbocycles. The molecule has 0 aliphatic heterocycles. The minimum Gasteiger partial charge on any atom is -0.489 e. The van der Waals surface area contributed by atoms with Gasteiger partial charge in [-0.25, -0.2) is 9.97 Å². The van der Waals surface area contributed by atoms with E-state index in [0.717, 1.165) is 48.6 Å². The third-order valence-electron chi connectivity index (χ3n) is 5.09. The molecule has 0 saturated carbocycles. The molecule has 0 unspecified atom stereocenters. The molecule has 174 valence electrons. The first kappa shape index (κ1) is 23.9. The van der Waals surface area contributed by atoms with Crippen LogP contribution in [0, 0.1) is 0 Å². The summed E-state index contributed by atoms with van der Waals surface area (Å²) >= 11 is 0. The Bertz CT molecular complexity index is 954. The largest absolute Gasteiger partial charge is 0.489 e. The highest BCUT2D eigenvalue weighted by Crippen LogP contribution is 2.31. The number of nitrogens with one attached hydrogen (secondary N) is 1. The minimum absolute atomic E-state index is 0.0321. The Morgan fingerprint density at radius 2 is 1.97 bits per heavy atom. The highest BCUT2D eigenvalue weighted by Gasteiger charge is 2.24. The second-order valence-corrected chi connectivity index (χ2v) is 9.87. The van der Waals surface area contributed by atoms with Crippen molar-refractivity contribution in [3.8, 4) is 17.3 Å². The molecule has 1 aliphatic rings. The lowest BCUT2D eigenvalue weighted by Gasteiger charge is -2.25. The normalized spacial score (nSPS) is 14.2. The standard InChI is InChI=1S/C24H36N6O2/c1-16(14-29(5)6)32-17-11-12-25-20(13-17)22-26-19-10-8-9-18(19)23(27-22)30(7)15-21(31)28-24(2,3)4/h11-13,16H,8-10,14-15H2,1-7H3,(H,28,31)/t16-/m1/s1. The number of hydrogen-bond acceptors (Lipinski definition) is 7. The third kappa shape index (κ3) is 6.38. The van der Waals surface area contributed by atoms with Gasteiger partial charge in [0.15, 0.2) is 5.82 Å². The van der Waals surface area contributed by atoms with Crippen LogP contribution in [-0.2, 0) is 17.6 Å². The van der Waals surface area contributed by atoms with Gasteiger partial charge in [-0.2, -0.15) is 0 Å². The van der Waals surface area contributed by atoms with Crippen molar-refractivity contribution in [3.05, 3.63) is 29.6 Å². The van der Waals surface area contributed by atoms with E-state index in [1.54, 1.807) is 6.20 Å². The highest BCUT2D eigenvalue weighted by molar-refractivity contribution is 5.82. The summed E-state index contributed by atoms with van der Waals surface area (Å²) in [6.07, 6.45) is 4.65. The zero-order valence-electron chi connectivity index (χ0n) is 20.4. The molecule has 2 aromatic rings. The maximum absolute atomic E-state index is 12.5. The zero-order chi connectivity index (χ0) is 23.5. The van der Waals surface area contributed by atoms with Crippen LogP contribution in [0.5, 0.6) is 5.75 Å². The summed E-state index contributed by atoms with van der Waals surface area (Å²) in [6.45, 7) is 9.03. The molecular weight excluding hydrogens is 404 g/mol. The number of hydrogen-bond donors (Lipinski definition) is 1. The molecule has 8 nitrogen and oxygen atoms in total. The molecule has 1 atom stereocenters. The zero-order valence-corrected chi connectivity index (χ0v) is 20.4. The summed E-state index contributed by atoms with van der Waals surface area (Å²) in [5.74, 6) is 2.08. The number of carbonyl (C=O) groups excluding carboxylic acids is 1. The summed E-state index contributed by atoms with van der Waals surface area (Å²) in [5.41, 5.74) is 2.57. The van der Waals surface area contributed by atoms with Gasteiger partial charge in [0.05, 0.1) is 6.54 Å². The fourth-order valence-electron chi connectivity index (χ4n) is 3.98. The number of ether oxygens (including phenoxy) is 1. The van der Waals surface area contributed by atoms with E-state index in [0.29, 0.717) is 11.5 Å². The van der Waals surface area contributed by atoms with Gasteiger partial charge in [-0.3, -0.25) is 9.78 Å². The number of anilines is 1. The number of fused-ring (bicyclic) bond motifs is 1. The number of nitrogens with zero attached hydrogens (tertiary/aromatic N) is 5. The average molecular weight is 441 g/mol. The van der Waals surface area contributed by atoms with E-state index in [4.69, 9.17) is 14.7 Å². The van der Waals surface area contributed by atoms with E-state index in [2.05, 4.69) is 15.2 Å². The number of aryl methyl sites for hydroxylation is 1. The Morgan fingerprint density at radius 1 is 1.22 bits per heavy atom. The van der Waals surface area contributed by atoms with Crippen LogP contribution in [0.1, 0.15) is 45.4 Å². The Kier molecular flexibility index (Phi) is 7.33. The Morgan fingerprint density at radius 3 is 2.66 bits per heavy atom. The first-order valence-electron chi connectivity index (χ1n) is 11.2. The second-order valence-electron chi connectivity index (χ2n) is 9.87. The number of pyridine rings is 1. The predicted octanol–water partition coefficient (Wildman–Crippen LogP) is 2.71. The number of carbonyl (C=O) groups is 1. The van der Waals surface area contributed by atoms with Crippen LogP contribution >= 0.6 is 0 Å². The van der Waals surface area contributed by atoms with Crippen molar-refractivity contribution < 1.29 is 9.53 Å². The van der Waals surface area contributed by atoms with Gasteiger partial charge in [-0.05, 0) is 67.1 Å². The van der Waals surface area contributed by atoms with E-state index in [1.165, 1.54) is 0 Å². The molecule has 2 aromatic heterocycles. The maximum atomic E-state index is 12.5. The molecule has 3 rings (SSSR count). The number of amides is 1. The van der Waals surface area contributed by atoms with Crippen molar-refractivity contribution in [2.75, 3.05) is 39.1 Å². The van der Waals surface area contributed by atoms with E-state index < -0.39 is 0 Å². The predicted molar refractivity (Wildman–Crippen MR) is 127 cm³/mol. The van der Waals surface area contributed by atoms with Crippen molar-refractivity contribution in [1.29, 1.82) is 0 Å². The van der Waals surface area contributed by atoms with Crippen molar-refractivity contribution in [3.63, 3.8) is 0 Å². The molecule has 1 amide bonds. The lowest BCUT2D eigenvalue weighted by molar-refractivity contribution is -0.121. The molecule has 2 heterocycles. The van der Waals surface area contributed by atoms with Crippen LogP contribution in [0.15, 0.2) is 18.3 Å². The molecule has 0 spiro atoms. The molecule has 0 radical (unpaired) electrons. The van der Waals surface area contributed by atoms with Gasteiger partial charge in [0, 0.05) is 42.7 Å². The Labute approximate surface area is 191 Å². The van der Waals surface area contributed by atoms with Gasteiger partial charge in [0.25, 0.3) is 0 Å². The third-order valence-corrected chi connectivity index (χ3v) is 5.09. The molecular formula is C24H36N6O2. The Hall–Kier alpha value is -2.74. The lowest BCUT2D eigenvalue weighted by atomic mass is 10.1. The summed E-state index contributed by atoms with van der Waals surface area (Å²) in [7, 11) is 5.95. The summed E-state index contributed by atoms with van der Waals surface area (Å²) in [4.78, 5) is 30.6. The average Bonchev–Trinajstić information content (AvgIpc) is 3.13. The van der Waals surface area contributed by atoms with E-state index in [9.17, 15) is 4.79 Å². The van der Waals surface area contributed by atoms with Crippen molar-refractivity contribution in [1.82, 2.24) is 25.2 Å². The van der Waals surface area contributed by atoms with E-state index in [1.807, 2.05) is 65.9 Å². The van der Waals surface area contributed by atoms with Gasteiger partial charge < -0.3 is 19.9 Å². The van der Waals surface area contributed by atoms with Gasteiger partial charge >= 0.3 is 0 Å². The Balaban J connectivity index is 1.86. The number of likely N-dealkylation sites (N-methyl/N-ethyl adjacent to an activating group) is 2. The fraction of sp³-hybridized carbons (Fsp3) is 0.583. The summed E-state index contributed by atoms with van der Waals surface area (Å²) < 4.78 is 6.06. The first-order valence-corrected chi connectivity index (χ1v) is 11.2. The van der Waals surface area contributed by atoms with Crippen LogP contribution in [0.25, 0.3) is 11.5 Å². The monoisotopic (exact) mass is 440 g/mol. The van der Waals surface area contributed by atoms with Crippen molar-refractivity contribution in [2.45, 2.75) is 58.6 Å². The molecule has 1 N–H and O–H groups in total. The summed E-state index contributed by atoms with van der Waals surface area (Å²) in [5, 5.41) is 3.02. The van der Waals surface area contributed by atoms with Gasteiger partial charge in [0.2, 0.25) is 5.91 Å². The molecule has 8 heteroatoms. The number of rotatable bonds is 8. The molecule has 32 heavy (non-hydrogen) atoms. The number of aromatic nitrogens is 3. The first-order chi connectivity index (χ1) is 15.0. The molecule has 0 saturated heterocycles. The topological polar surface area (TPSA) is 83.5 Å². The molecule has 0 bridgehead atoms. The maximum Gasteiger partial charge on any atom is 0.239 e. The smallest absolute Gasteiger partial charge is 0.239 e. The van der Waals surface area contributed by atoms with Gasteiger partial charge in [-0.15, -0.1) is 0 Å². The molecule has 0 fully saturated rings. The second kappa shape index (κ2) is 9.81. The van der Waals surface area contributed by atoms with Crippen LogP contribution in [0.2, 0.25) is 0 Å². The van der Waals surface area contributed by atoms with Gasteiger partial charge in [-0.1, -0.05) is 0 Å². The van der Waals surface area contributed by atoms with Crippen LogP contribution < -0.4 is 15.0 Å². The van der Waals surface area contributed by atoms with Gasteiger partial charge in [0.1, 0.15) is 23.4 Å². The summed E-state index contributed by atoms with van der Waals surface area (Å²) in [6, 6.07) is 3.74. The SMILES string of the molecule is C[C@H](CN(C)C)Oc1ccnc(-c2nc3c(c(N(C)CC(=O)NC(C)(C)C)n2)CCC3)c1. The minimum atomic E-state index is -0.273.